The van der Waals surface area contributed by atoms with Crippen molar-refractivity contribution >= 4 is 23.5 Å². The van der Waals surface area contributed by atoms with Gasteiger partial charge in [0, 0.05) is 36.8 Å². The number of rotatable bonds is 4. The number of hydrogen-bond donors (Lipinski definition) is 3. The molecule has 2 aromatic carbocycles. The summed E-state index contributed by atoms with van der Waals surface area (Å²) in [5.74, 6) is -0.0223. The quantitative estimate of drug-likeness (QED) is 0.769. The minimum absolute atomic E-state index is 0.0223. The smallest absolute Gasteiger partial charge is 0.312 e. The van der Waals surface area contributed by atoms with Gasteiger partial charge >= 0.3 is 6.03 Å². The molecular formula is C19H21ClN4O2. The van der Waals surface area contributed by atoms with Crippen molar-refractivity contribution in [3.63, 3.8) is 0 Å². The highest BCUT2D eigenvalue weighted by atomic mass is 35.5. The lowest BCUT2D eigenvalue weighted by Gasteiger charge is -2.36. The number of carbonyl (C=O) groups is 2. The number of nitrogens with two attached hydrogens (primary N) is 1. The molecule has 0 saturated carbocycles. The summed E-state index contributed by atoms with van der Waals surface area (Å²) in [6.45, 7) is 2.40. The van der Waals surface area contributed by atoms with Crippen molar-refractivity contribution in [3.8, 4) is 0 Å². The number of benzene rings is 2. The maximum absolute atomic E-state index is 13.0. The van der Waals surface area contributed by atoms with Crippen LogP contribution in [0.4, 0.5) is 4.79 Å². The van der Waals surface area contributed by atoms with Crippen molar-refractivity contribution in [1.82, 2.24) is 15.5 Å². The molecule has 1 aliphatic heterocycles. The molecule has 1 atom stereocenters. The molecule has 136 valence electrons. The van der Waals surface area contributed by atoms with E-state index in [4.69, 9.17) is 17.3 Å². The monoisotopic (exact) mass is 372 g/mol. The Morgan fingerprint density at radius 2 is 2.00 bits per heavy atom. The molecule has 2 aromatic rings. The molecule has 0 spiro atoms. The zero-order valence-electron chi connectivity index (χ0n) is 14.2. The fourth-order valence-corrected chi connectivity index (χ4v) is 3.28. The number of nitrogens with zero attached hydrogens (tertiary/aromatic N) is 1. The van der Waals surface area contributed by atoms with Gasteiger partial charge in [-0.25, -0.2) is 4.79 Å². The molecule has 0 radical (unpaired) electrons. The zero-order chi connectivity index (χ0) is 18.5. The third kappa shape index (κ3) is 4.33. The van der Waals surface area contributed by atoms with Crippen LogP contribution >= 0.6 is 11.6 Å². The molecule has 0 aromatic heterocycles. The Bertz CT molecular complexity index is 794. The average molecular weight is 373 g/mol. The van der Waals surface area contributed by atoms with E-state index in [1.54, 1.807) is 12.1 Å². The van der Waals surface area contributed by atoms with Gasteiger partial charge in [-0.1, -0.05) is 35.9 Å². The Morgan fingerprint density at radius 3 is 2.69 bits per heavy atom. The largest absolute Gasteiger partial charge is 0.352 e. The van der Waals surface area contributed by atoms with Gasteiger partial charge < -0.3 is 21.3 Å². The Kier molecular flexibility index (Phi) is 5.75. The summed E-state index contributed by atoms with van der Waals surface area (Å²) in [4.78, 5) is 25.7. The lowest BCUT2D eigenvalue weighted by atomic mass is 10.0. The fraction of sp³-hybridized carbons (Fsp3) is 0.263. The van der Waals surface area contributed by atoms with Crippen molar-refractivity contribution in [1.29, 1.82) is 0 Å². The summed E-state index contributed by atoms with van der Waals surface area (Å²) in [6, 6.07) is 14.2. The van der Waals surface area contributed by atoms with Crippen LogP contribution in [-0.4, -0.2) is 36.5 Å². The van der Waals surface area contributed by atoms with Gasteiger partial charge in [0.2, 0.25) is 0 Å². The number of halogens is 1. The third-order valence-corrected chi connectivity index (χ3v) is 4.64. The minimum Gasteiger partial charge on any atom is -0.352 e. The normalized spacial score (nSPS) is 17.0. The van der Waals surface area contributed by atoms with Gasteiger partial charge in [0.25, 0.3) is 5.91 Å². The van der Waals surface area contributed by atoms with E-state index in [1.165, 1.54) is 0 Å². The molecule has 26 heavy (non-hydrogen) atoms. The van der Waals surface area contributed by atoms with E-state index in [0.29, 0.717) is 30.2 Å². The van der Waals surface area contributed by atoms with Crippen molar-refractivity contribution < 1.29 is 9.59 Å². The Hall–Kier alpha value is -2.57. The first kappa shape index (κ1) is 18.2. The van der Waals surface area contributed by atoms with Crippen LogP contribution in [0, 0.1) is 0 Å². The van der Waals surface area contributed by atoms with Crippen LogP contribution in [0.5, 0.6) is 0 Å². The van der Waals surface area contributed by atoms with Crippen molar-refractivity contribution in [2.75, 3.05) is 19.6 Å². The van der Waals surface area contributed by atoms with Crippen molar-refractivity contribution in [2.45, 2.75) is 12.6 Å². The molecule has 1 unspecified atom stereocenters. The predicted molar refractivity (Wildman–Crippen MR) is 101 cm³/mol. The number of amides is 3. The molecule has 1 saturated heterocycles. The van der Waals surface area contributed by atoms with E-state index < -0.39 is 6.03 Å². The second-order valence-corrected chi connectivity index (χ2v) is 6.62. The summed E-state index contributed by atoms with van der Waals surface area (Å²) in [5, 5.41) is 6.53. The highest BCUT2D eigenvalue weighted by Gasteiger charge is 2.28. The first-order chi connectivity index (χ1) is 12.5. The highest BCUT2D eigenvalue weighted by Crippen LogP contribution is 2.26. The standard InChI is InChI=1S/C19H21ClN4O2/c20-16-3-1-2-15(10-16)17-12-22-8-9-24(17)18(25)14-6-4-13(5-7-14)11-23-19(21)26/h1-7,10,17,22H,8-9,11-12H2,(H3,21,23,26). The van der Waals surface area contributed by atoms with Gasteiger partial charge in [0.1, 0.15) is 0 Å². The maximum atomic E-state index is 13.0. The topological polar surface area (TPSA) is 87.5 Å². The molecule has 6 nitrogen and oxygen atoms in total. The Labute approximate surface area is 157 Å². The molecule has 4 N–H and O–H groups in total. The number of carbonyl (C=O) groups excluding carboxylic acids is 2. The molecule has 3 rings (SSSR count). The van der Waals surface area contributed by atoms with E-state index in [2.05, 4.69) is 10.6 Å². The van der Waals surface area contributed by atoms with Gasteiger partial charge in [-0.2, -0.15) is 0 Å². The van der Waals surface area contributed by atoms with Crippen LogP contribution in [0.2, 0.25) is 5.02 Å². The molecule has 0 bridgehead atoms. The van der Waals surface area contributed by atoms with E-state index >= 15 is 0 Å². The third-order valence-electron chi connectivity index (χ3n) is 4.41. The highest BCUT2D eigenvalue weighted by molar-refractivity contribution is 6.30. The van der Waals surface area contributed by atoms with Crippen LogP contribution in [0.1, 0.15) is 27.5 Å². The van der Waals surface area contributed by atoms with E-state index in [0.717, 1.165) is 17.7 Å². The maximum Gasteiger partial charge on any atom is 0.312 e. The molecule has 1 fully saturated rings. The Balaban J connectivity index is 1.77. The van der Waals surface area contributed by atoms with Crippen LogP contribution in [0.3, 0.4) is 0 Å². The van der Waals surface area contributed by atoms with Crippen LogP contribution in [0.25, 0.3) is 0 Å². The van der Waals surface area contributed by atoms with Gasteiger partial charge in [0.15, 0.2) is 0 Å². The van der Waals surface area contributed by atoms with Crippen LogP contribution in [0.15, 0.2) is 48.5 Å². The second-order valence-electron chi connectivity index (χ2n) is 6.19. The number of piperazine rings is 1. The molecule has 1 aliphatic rings. The first-order valence-electron chi connectivity index (χ1n) is 8.44. The van der Waals surface area contributed by atoms with Gasteiger partial charge in [0.05, 0.1) is 6.04 Å². The molecule has 7 heteroatoms. The average Bonchev–Trinajstić information content (AvgIpc) is 2.66. The van der Waals surface area contributed by atoms with Crippen molar-refractivity contribution in [3.05, 3.63) is 70.2 Å². The van der Waals surface area contributed by atoms with E-state index in [9.17, 15) is 9.59 Å². The van der Waals surface area contributed by atoms with Gasteiger partial charge in [-0.15, -0.1) is 0 Å². The first-order valence-corrected chi connectivity index (χ1v) is 8.82. The second kappa shape index (κ2) is 8.21. The van der Waals surface area contributed by atoms with Gasteiger partial charge in [-0.05, 0) is 35.4 Å². The number of primary amides is 1. The predicted octanol–water partition coefficient (Wildman–Crippen LogP) is 2.30. The fourth-order valence-electron chi connectivity index (χ4n) is 3.08. The van der Waals surface area contributed by atoms with Crippen LogP contribution < -0.4 is 16.4 Å². The SMILES string of the molecule is NC(=O)NCc1ccc(C(=O)N2CCNCC2c2cccc(Cl)c2)cc1. The lowest BCUT2D eigenvalue weighted by molar-refractivity contribution is 0.0634. The summed E-state index contributed by atoms with van der Waals surface area (Å²) in [6.07, 6.45) is 0. The number of hydrogen-bond acceptors (Lipinski definition) is 3. The molecule has 0 aliphatic carbocycles. The number of urea groups is 1. The summed E-state index contributed by atoms with van der Waals surface area (Å²) in [5.41, 5.74) is 7.58. The minimum atomic E-state index is -0.574. The molecule has 1 heterocycles. The van der Waals surface area contributed by atoms with E-state index in [1.807, 2.05) is 41.3 Å². The summed E-state index contributed by atoms with van der Waals surface area (Å²) < 4.78 is 0. The molecule has 3 amide bonds. The molecular weight excluding hydrogens is 352 g/mol. The number of nitrogens with one attached hydrogen (secondary N) is 2. The van der Waals surface area contributed by atoms with E-state index in [-0.39, 0.29) is 11.9 Å². The van der Waals surface area contributed by atoms with Crippen molar-refractivity contribution in [2.24, 2.45) is 5.73 Å². The Morgan fingerprint density at radius 1 is 1.23 bits per heavy atom. The lowest BCUT2D eigenvalue weighted by Crippen LogP contribution is -2.48. The summed E-state index contributed by atoms with van der Waals surface area (Å²) in [7, 11) is 0. The van der Waals surface area contributed by atoms with Gasteiger partial charge in [-0.3, -0.25) is 4.79 Å². The zero-order valence-corrected chi connectivity index (χ0v) is 15.0. The summed E-state index contributed by atoms with van der Waals surface area (Å²) >= 11 is 6.12. The van der Waals surface area contributed by atoms with Crippen LogP contribution in [-0.2, 0) is 6.54 Å².